The van der Waals surface area contributed by atoms with Crippen molar-refractivity contribution in [3.63, 3.8) is 0 Å². The second-order valence-electron chi connectivity index (χ2n) is 7.23. The normalized spacial score (nSPS) is 11.0. The van der Waals surface area contributed by atoms with Crippen molar-refractivity contribution in [3.8, 4) is 0 Å². The molecular weight excluding hydrogens is 338 g/mol. The molecule has 28 heavy (non-hydrogen) atoms. The highest BCUT2D eigenvalue weighted by Gasteiger charge is 2.13. The molecule has 0 N–H and O–H groups in total. The van der Waals surface area contributed by atoms with Crippen molar-refractivity contribution in [2.75, 3.05) is 4.90 Å². The van der Waals surface area contributed by atoms with Gasteiger partial charge >= 0.3 is 0 Å². The maximum atomic E-state index is 2.33. The van der Waals surface area contributed by atoms with E-state index < -0.39 is 0 Å². The summed E-state index contributed by atoms with van der Waals surface area (Å²) in [5.74, 6) is 0. The highest BCUT2D eigenvalue weighted by molar-refractivity contribution is 5.92. The Morgan fingerprint density at radius 2 is 0.857 bits per heavy atom. The lowest BCUT2D eigenvalue weighted by molar-refractivity contribution is 1.28. The zero-order valence-electron chi connectivity index (χ0n) is 15.8. The van der Waals surface area contributed by atoms with E-state index in [4.69, 9.17) is 0 Å². The molecule has 0 bridgehead atoms. The first-order valence-electron chi connectivity index (χ1n) is 9.62. The van der Waals surface area contributed by atoms with E-state index in [9.17, 15) is 0 Å². The van der Waals surface area contributed by atoms with Crippen LogP contribution in [0.4, 0.5) is 17.1 Å². The summed E-state index contributed by atoms with van der Waals surface area (Å²) in [6.07, 6.45) is 0. The first-order chi connectivity index (χ1) is 13.8. The van der Waals surface area contributed by atoms with Gasteiger partial charge in [0.15, 0.2) is 0 Å². The van der Waals surface area contributed by atoms with E-state index in [-0.39, 0.29) is 0 Å². The largest absolute Gasteiger partial charge is 0.310 e. The SMILES string of the molecule is Cc1ccc(N(c2ccc3ccccc3c2)c2ccc3ccccc3c2)cc1. The molecule has 134 valence electrons. The fourth-order valence-corrected chi connectivity index (χ4v) is 3.77. The van der Waals surface area contributed by atoms with Gasteiger partial charge in [0.05, 0.1) is 0 Å². The Morgan fingerprint density at radius 1 is 0.429 bits per heavy atom. The van der Waals surface area contributed by atoms with Crippen molar-refractivity contribution in [2.45, 2.75) is 6.92 Å². The molecule has 0 unspecified atom stereocenters. The Morgan fingerprint density at radius 3 is 1.36 bits per heavy atom. The van der Waals surface area contributed by atoms with E-state index in [1.807, 2.05) is 0 Å². The van der Waals surface area contributed by atoms with Crippen LogP contribution in [-0.4, -0.2) is 0 Å². The predicted molar refractivity (Wildman–Crippen MR) is 121 cm³/mol. The van der Waals surface area contributed by atoms with Gasteiger partial charge in [0.2, 0.25) is 0 Å². The van der Waals surface area contributed by atoms with Crippen LogP contribution in [0.5, 0.6) is 0 Å². The summed E-state index contributed by atoms with van der Waals surface area (Å²) in [5, 5.41) is 5.01. The van der Waals surface area contributed by atoms with Crippen molar-refractivity contribution in [3.05, 3.63) is 115 Å². The minimum Gasteiger partial charge on any atom is -0.310 e. The third-order valence-electron chi connectivity index (χ3n) is 5.27. The molecule has 1 heteroatoms. The van der Waals surface area contributed by atoms with Crippen LogP contribution in [-0.2, 0) is 0 Å². The first-order valence-corrected chi connectivity index (χ1v) is 9.62. The number of benzene rings is 5. The van der Waals surface area contributed by atoms with Crippen molar-refractivity contribution < 1.29 is 0 Å². The number of rotatable bonds is 3. The molecule has 0 fully saturated rings. The smallest absolute Gasteiger partial charge is 0.0468 e. The number of hydrogen-bond acceptors (Lipinski definition) is 1. The highest BCUT2D eigenvalue weighted by atomic mass is 15.1. The van der Waals surface area contributed by atoms with Crippen molar-refractivity contribution in [1.82, 2.24) is 0 Å². The molecule has 0 saturated heterocycles. The van der Waals surface area contributed by atoms with Gasteiger partial charge in [-0.3, -0.25) is 0 Å². The Bertz CT molecular complexity index is 1190. The van der Waals surface area contributed by atoms with Crippen LogP contribution in [0, 0.1) is 6.92 Å². The van der Waals surface area contributed by atoms with E-state index in [1.165, 1.54) is 27.1 Å². The second-order valence-corrected chi connectivity index (χ2v) is 7.23. The van der Waals surface area contributed by atoms with Crippen LogP contribution in [0.1, 0.15) is 5.56 Å². The molecule has 5 rings (SSSR count). The van der Waals surface area contributed by atoms with Gasteiger partial charge in [0, 0.05) is 17.1 Å². The van der Waals surface area contributed by atoms with Gasteiger partial charge < -0.3 is 4.90 Å². The molecule has 0 amide bonds. The minimum atomic E-state index is 1.16. The lowest BCUT2D eigenvalue weighted by Gasteiger charge is -2.26. The first kappa shape index (κ1) is 16.6. The number of fused-ring (bicyclic) bond motifs is 2. The summed E-state index contributed by atoms with van der Waals surface area (Å²) < 4.78 is 0. The summed E-state index contributed by atoms with van der Waals surface area (Å²) in [6.45, 7) is 2.13. The molecular formula is C27H21N. The van der Waals surface area contributed by atoms with Crippen molar-refractivity contribution >= 4 is 38.6 Å². The standard InChI is InChI=1S/C27H21N/c1-20-10-14-25(15-11-20)28(26-16-12-21-6-2-4-8-23(21)18-26)27-17-13-22-7-3-5-9-24(22)19-27/h2-19H,1H3. The van der Waals surface area contributed by atoms with Crippen molar-refractivity contribution in [2.24, 2.45) is 0 Å². The van der Waals surface area contributed by atoms with E-state index in [0.717, 1.165) is 17.1 Å². The lowest BCUT2D eigenvalue weighted by Crippen LogP contribution is -2.09. The van der Waals surface area contributed by atoms with Crippen LogP contribution in [0.25, 0.3) is 21.5 Å². The fraction of sp³-hybridized carbons (Fsp3) is 0.0370. The second kappa shape index (κ2) is 6.86. The molecule has 0 radical (unpaired) electrons. The third kappa shape index (κ3) is 3.01. The van der Waals surface area contributed by atoms with Crippen molar-refractivity contribution in [1.29, 1.82) is 0 Å². The summed E-state index contributed by atoms with van der Waals surface area (Å²) in [5.41, 5.74) is 4.76. The highest BCUT2D eigenvalue weighted by Crippen LogP contribution is 2.37. The lowest BCUT2D eigenvalue weighted by atomic mass is 10.1. The monoisotopic (exact) mass is 359 g/mol. The molecule has 0 aromatic heterocycles. The minimum absolute atomic E-state index is 1.16. The molecule has 5 aromatic rings. The summed E-state index contributed by atoms with van der Waals surface area (Å²) in [6, 6.07) is 39.1. The zero-order valence-corrected chi connectivity index (χ0v) is 15.8. The average molecular weight is 359 g/mol. The van der Waals surface area contributed by atoms with E-state index >= 15 is 0 Å². The van der Waals surface area contributed by atoms with Gasteiger partial charge in [0.1, 0.15) is 0 Å². The summed E-state index contributed by atoms with van der Waals surface area (Å²) in [4.78, 5) is 2.33. The quantitative estimate of drug-likeness (QED) is 0.318. The van der Waals surface area contributed by atoms with Gasteiger partial charge in [-0.2, -0.15) is 0 Å². The Labute approximate surface area is 165 Å². The molecule has 5 aromatic carbocycles. The van der Waals surface area contributed by atoms with Gasteiger partial charge in [-0.1, -0.05) is 78.4 Å². The van der Waals surface area contributed by atoms with Crippen LogP contribution in [0.15, 0.2) is 109 Å². The predicted octanol–water partition coefficient (Wildman–Crippen LogP) is 7.77. The van der Waals surface area contributed by atoms with Gasteiger partial charge in [0.25, 0.3) is 0 Å². The Hall–Kier alpha value is -3.58. The molecule has 0 aliphatic rings. The molecule has 0 aliphatic carbocycles. The molecule has 0 aliphatic heterocycles. The average Bonchev–Trinajstić information content (AvgIpc) is 2.75. The van der Waals surface area contributed by atoms with Crippen LogP contribution in [0.3, 0.4) is 0 Å². The molecule has 0 atom stereocenters. The van der Waals surface area contributed by atoms with Gasteiger partial charge in [-0.25, -0.2) is 0 Å². The number of nitrogens with zero attached hydrogens (tertiary/aromatic N) is 1. The maximum absolute atomic E-state index is 2.33. The van der Waals surface area contributed by atoms with Crippen LogP contribution < -0.4 is 4.90 Å². The van der Waals surface area contributed by atoms with E-state index in [0.29, 0.717) is 0 Å². The molecule has 0 spiro atoms. The van der Waals surface area contributed by atoms with E-state index in [2.05, 4.69) is 121 Å². The van der Waals surface area contributed by atoms with Gasteiger partial charge in [-0.05, 0) is 64.9 Å². The third-order valence-corrected chi connectivity index (χ3v) is 5.27. The maximum Gasteiger partial charge on any atom is 0.0468 e. The van der Waals surface area contributed by atoms with Crippen LogP contribution >= 0.6 is 0 Å². The number of aryl methyl sites for hydroxylation is 1. The van der Waals surface area contributed by atoms with E-state index in [1.54, 1.807) is 0 Å². The summed E-state index contributed by atoms with van der Waals surface area (Å²) >= 11 is 0. The number of hydrogen-bond donors (Lipinski definition) is 0. The Kier molecular flexibility index (Phi) is 4.06. The van der Waals surface area contributed by atoms with Gasteiger partial charge in [-0.15, -0.1) is 0 Å². The number of anilines is 3. The van der Waals surface area contributed by atoms with Crippen LogP contribution in [0.2, 0.25) is 0 Å². The zero-order chi connectivity index (χ0) is 18.9. The Balaban J connectivity index is 1.72. The molecule has 1 nitrogen and oxygen atoms in total. The molecule has 0 saturated carbocycles. The summed E-state index contributed by atoms with van der Waals surface area (Å²) in [7, 11) is 0. The fourth-order valence-electron chi connectivity index (χ4n) is 3.77. The molecule has 0 heterocycles. The topological polar surface area (TPSA) is 3.24 Å².